The molecule has 3 aromatic rings. The van der Waals surface area contributed by atoms with Gasteiger partial charge < -0.3 is 14.9 Å². The van der Waals surface area contributed by atoms with Crippen LogP contribution in [0.3, 0.4) is 0 Å². The topological polar surface area (TPSA) is 78.7 Å². The van der Waals surface area contributed by atoms with Crippen LogP contribution in [0.1, 0.15) is 27.3 Å². The van der Waals surface area contributed by atoms with Crippen molar-refractivity contribution in [3.8, 4) is 11.4 Å². The van der Waals surface area contributed by atoms with Gasteiger partial charge in [-0.15, -0.1) is 0 Å². The van der Waals surface area contributed by atoms with Crippen LogP contribution in [-0.2, 0) is 11.2 Å². The minimum absolute atomic E-state index is 0.0161. The highest BCUT2D eigenvalue weighted by Gasteiger charge is 2.27. The van der Waals surface area contributed by atoms with E-state index in [9.17, 15) is 14.7 Å². The van der Waals surface area contributed by atoms with E-state index in [1.165, 1.54) is 6.07 Å². The monoisotopic (exact) mass is 486 g/mol. The second-order valence-corrected chi connectivity index (χ2v) is 8.87. The maximum atomic E-state index is 13.0. The third-order valence-corrected chi connectivity index (χ3v) is 6.50. The van der Waals surface area contributed by atoms with Gasteiger partial charge in [-0.3, -0.25) is 9.59 Å². The average molecular weight is 487 g/mol. The van der Waals surface area contributed by atoms with Gasteiger partial charge in [0.25, 0.3) is 5.91 Å². The molecule has 1 aliphatic heterocycles. The fourth-order valence-electron chi connectivity index (χ4n) is 4.07. The third kappa shape index (κ3) is 4.70. The van der Waals surface area contributed by atoms with Gasteiger partial charge in [0.05, 0.1) is 28.4 Å². The van der Waals surface area contributed by atoms with Gasteiger partial charge in [0, 0.05) is 42.5 Å². The molecule has 2 amide bonds. The fourth-order valence-corrected chi connectivity index (χ4v) is 4.55. The highest BCUT2D eigenvalue weighted by atomic mass is 35.5. The second kappa shape index (κ2) is 9.45. The Kier molecular flexibility index (Phi) is 6.63. The normalized spacial score (nSPS) is 13.9. The van der Waals surface area contributed by atoms with E-state index < -0.39 is 0 Å². The molecule has 1 saturated heterocycles. The van der Waals surface area contributed by atoms with Crippen molar-refractivity contribution in [1.82, 2.24) is 19.6 Å². The van der Waals surface area contributed by atoms with Gasteiger partial charge in [0.1, 0.15) is 5.75 Å². The first kappa shape index (κ1) is 23.1. The van der Waals surface area contributed by atoms with Gasteiger partial charge in [0.15, 0.2) is 0 Å². The first-order chi connectivity index (χ1) is 15.8. The number of phenols is 1. The molecule has 172 valence electrons. The van der Waals surface area contributed by atoms with Crippen molar-refractivity contribution in [2.75, 3.05) is 26.2 Å². The number of para-hydroxylation sites is 1. The zero-order valence-electron chi connectivity index (χ0n) is 18.4. The summed E-state index contributed by atoms with van der Waals surface area (Å²) in [4.78, 5) is 29.2. The largest absolute Gasteiger partial charge is 0.507 e. The molecule has 0 aliphatic carbocycles. The van der Waals surface area contributed by atoms with Crippen LogP contribution in [0.5, 0.6) is 5.75 Å². The number of carbonyl (C=O) groups is 2. The number of carbonyl (C=O) groups excluding carboxylic acids is 2. The van der Waals surface area contributed by atoms with Crippen molar-refractivity contribution in [3.63, 3.8) is 0 Å². The summed E-state index contributed by atoms with van der Waals surface area (Å²) in [6, 6.07) is 11.7. The van der Waals surface area contributed by atoms with Gasteiger partial charge >= 0.3 is 0 Å². The zero-order valence-corrected chi connectivity index (χ0v) is 19.9. The number of piperazine rings is 1. The minimum Gasteiger partial charge on any atom is -0.507 e. The Morgan fingerprint density at radius 2 is 1.67 bits per heavy atom. The summed E-state index contributed by atoms with van der Waals surface area (Å²) in [7, 11) is 0. The van der Waals surface area contributed by atoms with E-state index in [0.29, 0.717) is 41.9 Å². The molecule has 0 bridgehead atoms. The Labute approximate surface area is 202 Å². The van der Waals surface area contributed by atoms with E-state index in [-0.39, 0.29) is 29.5 Å². The summed E-state index contributed by atoms with van der Waals surface area (Å²) in [5.74, 6) is -0.282. The predicted octanol–water partition coefficient (Wildman–Crippen LogP) is 4.03. The van der Waals surface area contributed by atoms with Crippen molar-refractivity contribution in [3.05, 3.63) is 75.0 Å². The van der Waals surface area contributed by atoms with Crippen LogP contribution in [0.15, 0.2) is 42.5 Å². The number of nitrogens with zero attached hydrogens (tertiary/aromatic N) is 4. The lowest BCUT2D eigenvalue weighted by atomic mass is 10.1. The lowest BCUT2D eigenvalue weighted by Crippen LogP contribution is -2.51. The average Bonchev–Trinajstić information content (AvgIpc) is 3.07. The first-order valence-electron chi connectivity index (χ1n) is 10.6. The quantitative estimate of drug-likeness (QED) is 0.603. The van der Waals surface area contributed by atoms with E-state index in [1.54, 1.807) is 50.9 Å². The lowest BCUT2D eigenvalue weighted by Gasteiger charge is -2.35. The van der Waals surface area contributed by atoms with E-state index >= 15 is 0 Å². The molecule has 0 unspecified atom stereocenters. The standard InChI is InChI=1S/C24H24Cl2N4O3/c1-15-19(16(2)30(27-15)21-8-7-17(25)13-20(21)26)14-23(32)28-9-11-29(12-10-28)24(33)18-5-3-4-6-22(18)31/h3-8,13,31H,9-12,14H2,1-2H3. The number of aryl methyl sites for hydroxylation is 1. The summed E-state index contributed by atoms with van der Waals surface area (Å²) < 4.78 is 1.74. The molecule has 1 aromatic heterocycles. The lowest BCUT2D eigenvalue weighted by molar-refractivity contribution is -0.131. The molecule has 1 N–H and O–H groups in total. The third-order valence-electron chi connectivity index (χ3n) is 5.96. The van der Waals surface area contributed by atoms with Crippen LogP contribution in [-0.4, -0.2) is 62.7 Å². The number of rotatable bonds is 4. The van der Waals surface area contributed by atoms with Crippen LogP contribution in [0.25, 0.3) is 5.69 Å². The van der Waals surface area contributed by atoms with Gasteiger partial charge in [-0.25, -0.2) is 4.68 Å². The number of halogens is 2. The van der Waals surface area contributed by atoms with E-state index in [4.69, 9.17) is 23.2 Å². The number of benzene rings is 2. The Bertz CT molecular complexity index is 1220. The summed E-state index contributed by atoms with van der Waals surface area (Å²) >= 11 is 12.4. The molecule has 2 heterocycles. The molecule has 0 radical (unpaired) electrons. The maximum absolute atomic E-state index is 13.0. The molecule has 2 aromatic carbocycles. The molecular formula is C24H24Cl2N4O3. The van der Waals surface area contributed by atoms with Crippen molar-refractivity contribution < 1.29 is 14.7 Å². The number of aromatic hydroxyl groups is 1. The number of aromatic nitrogens is 2. The molecule has 7 nitrogen and oxygen atoms in total. The van der Waals surface area contributed by atoms with Crippen LogP contribution < -0.4 is 0 Å². The van der Waals surface area contributed by atoms with E-state index in [0.717, 1.165) is 17.0 Å². The molecular weight excluding hydrogens is 463 g/mol. The Balaban J connectivity index is 1.43. The van der Waals surface area contributed by atoms with Crippen molar-refractivity contribution in [2.45, 2.75) is 20.3 Å². The Morgan fingerprint density at radius 1 is 1.00 bits per heavy atom. The first-order valence-corrected chi connectivity index (χ1v) is 11.4. The van der Waals surface area contributed by atoms with Crippen LogP contribution in [0.2, 0.25) is 10.0 Å². The van der Waals surface area contributed by atoms with Gasteiger partial charge in [0.2, 0.25) is 5.91 Å². The minimum atomic E-state index is -0.229. The second-order valence-electron chi connectivity index (χ2n) is 8.02. The summed E-state index contributed by atoms with van der Waals surface area (Å²) in [6.45, 7) is 5.49. The van der Waals surface area contributed by atoms with Gasteiger partial charge in [-0.05, 0) is 44.2 Å². The Morgan fingerprint density at radius 3 is 2.33 bits per heavy atom. The van der Waals surface area contributed by atoms with Crippen LogP contribution in [0, 0.1) is 13.8 Å². The molecule has 4 rings (SSSR count). The smallest absolute Gasteiger partial charge is 0.257 e. The van der Waals surface area contributed by atoms with Crippen LogP contribution >= 0.6 is 23.2 Å². The van der Waals surface area contributed by atoms with Crippen molar-refractivity contribution in [1.29, 1.82) is 0 Å². The maximum Gasteiger partial charge on any atom is 0.257 e. The molecule has 0 spiro atoms. The van der Waals surface area contributed by atoms with Gasteiger partial charge in [-0.2, -0.15) is 5.10 Å². The number of amides is 2. The molecule has 0 atom stereocenters. The zero-order chi connectivity index (χ0) is 23.7. The number of hydrogen-bond donors (Lipinski definition) is 1. The summed E-state index contributed by atoms with van der Waals surface area (Å²) in [5.41, 5.74) is 3.45. The molecule has 33 heavy (non-hydrogen) atoms. The molecule has 9 heteroatoms. The summed E-state index contributed by atoms with van der Waals surface area (Å²) in [5, 5.41) is 15.6. The van der Waals surface area contributed by atoms with Crippen molar-refractivity contribution in [2.24, 2.45) is 0 Å². The predicted molar refractivity (Wildman–Crippen MR) is 127 cm³/mol. The van der Waals surface area contributed by atoms with Crippen molar-refractivity contribution >= 4 is 35.0 Å². The molecule has 0 saturated carbocycles. The Hall–Kier alpha value is -3.03. The van der Waals surface area contributed by atoms with E-state index in [1.807, 2.05) is 13.8 Å². The number of hydrogen-bond acceptors (Lipinski definition) is 4. The molecule has 1 aliphatic rings. The fraction of sp³-hybridized carbons (Fsp3) is 0.292. The summed E-state index contributed by atoms with van der Waals surface area (Å²) in [6.07, 6.45) is 0.219. The number of phenolic OH excluding ortho intramolecular Hbond substituents is 1. The SMILES string of the molecule is Cc1nn(-c2ccc(Cl)cc2Cl)c(C)c1CC(=O)N1CCN(C(=O)c2ccccc2O)CC1. The highest BCUT2D eigenvalue weighted by molar-refractivity contribution is 6.35. The highest BCUT2D eigenvalue weighted by Crippen LogP contribution is 2.27. The van der Waals surface area contributed by atoms with Crippen LogP contribution in [0.4, 0.5) is 0 Å². The van der Waals surface area contributed by atoms with E-state index in [2.05, 4.69) is 5.10 Å². The van der Waals surface area contributed by atoms with Gasteiger partial charge in [-0.1, -0.05) is 35.3 Å². The molecule has 1 fully saturated rings.